The molecule has 0 radical (unpaired) electrons. The molecule has 1 heterocycles. The predicted molar refractivity (Wildman–Crippen MR) is 55.9 cm³/mol. The number of aromatic nitrogens is 1. The lowest BCUT2D eigenvalue weighted by atomic mass is 10.0. The summed E-state index contributed by atoms with van der Waals surface area (Å²) in [5.74, 6) is -0.770. The number of benzene rings is 1. The monoisotopic (exact) mass is 202 g/mol. The summed E-state index contributed by atoms with van der Waals surface area (Å²) in [4.78, 5) is 14.8. The molecule has 15 heavy (non-hydrogen) atoms. The van der Waals surface area contributed by atoms with Gasteiger partial charge in [-0.25, -0.2) is 0 Å². The lowest BCUT2D eigenvalue weighted by molar-refractivity contribution is -0.126. The van der Waals surface area contributed by atoms with E-state index in [4.69, 9.17) is 5.73 Å². The molecule has 0 fully saturated rings. The predicted octanol–water partition coefficient (Wildman–Crippen LogP) is 0.754. The number of aliphatic hydroxyl groups is 1. The second kappa shape index (κ2) is 3.67. The highest BCUT2D eigenvalue weighted by Crippen LogP contribution is 2.22. The number of primary amides is 1. The molecule has 1 atom stereocenters. The number of nitrogens with zero attached hydrogens (tertiary/aromatic N) is 1. The van der Waals surface area contributed by atoms with Gasteiger partial charge < -0.3 is 10.8 Å². The van der Waals surface area contributed by atoms with Gasteiger partial charge in [-0.15, -0.1) is 0 Å². The van der Waals surface area contributed by atoms with Gasteiger partial charge in [0, 0.05) is 23.3 Å². The van der Waals surface area contributed by atoms with Gasteiger partial charge in [0.05, 0.1) is 0 Å². The minimum atomic E-state index is -1.30. The van der Waals surface area contributed by atoms with Crippen LogP contribution in [0.2, 0.25) is 0 Å². The van der Waals surface area contributed by atoms with Crippen molar-refractivity contribution >= 4 is 16.7 Å². The van der Waals surface area contributed by atoms with E-state index >= 15 is 0 Å². The third-order valence-corrected chi connectivity index (χ3v) is 2.26. The van der Waals surface area contributed by atoms with Gasteiger partial charge in [0.2, 0.25) is 0 Å². The maximum atomic E-state index is 10.9. The average Bonchev–Trinajstić information content (AvgIpc) is 2.27. The van der Waals surface area contributed by atoms with Crippen molar-refractivity contribution in [2.45, 2.75) is 6.10 Å². The maximum Gasteiger partial charge on any atom is 0.250 e. The lowest BCUT2D eigenvalue weighted by Gasteiger charge is -2.09. The Morgan fingerprint density at radius 3 is 2.80 bits per heavy atom. The molecule has 0 aliphatic rings. The van der Waals surface area contributed by atoms with Crippen molar-refractivity contribution in [3.05, 3.63) is 42.2 Å². The van der Waals surface area contributed by atoms with Crippen molar-refractivity contribution in [3.63, 3.8) is 0 Å². The highest BCUT2D eigenvalue weighted by Gasteiger charge is 2.16. The third kappa shape index (κ3) is 1.67. The quantitative estimate of drug-likeness (QED) is 0.754. The maximum absolute atomic E-state index is 10.9. The van der Waals surface area contributed by atoms with Crippen molar-refractivity contribution < 1.29 is 9.90 Å². The molecule has 1 aromatic carbocycles. The van der Waals surface area contributed by atoms with E-state index in [0.29, 0.717) is 5.56 Å². The van der Waals surface area contributed by atoms with E-state index in [1.807, 2.05) is 24.3 Å². The first-order chi connectivity index (χ1) is 7.20. The minimum Gasteiger partial charge on any atom is -0.378 e. The van der Waals surface area contributed by atoms with Gasteiger partial charge >= 0.3 is 0 Å². The number of fused-ring (bicyclic) bond motifs is 1. The van der Waals surface area contributed by atoms with Gasteiger partial charge in [-0.2, -0.15) is 0 Å². The summed E-state index contributed by atoms with van der Waals surface area (Å²) in [5, 5.41) is 11.2. The number of amides is 1. The number of hydrogen-bond donors (Lipinski definition) is 2. The standard InChI is InChI=1S/C11H10N2O2/c12-11(15)10(14)9-6-13-5-7-3-1-2-4-8(7)9/h1-6,10,14H,(H2,12,15). The SMILES string of the molecule is NC(=O)C(O)c1cncc2ccccc12. The number of carbonyl (C=O) groups excluding carboxylic acids is 1. The third-order valence-electron chi connectivity index (χ3n) is 2.26. The number of aliphatic hydroxyl groups excluding tert-OH is 1. The molecular formula is C11H10N2O2. The Morgan fingerprint density at radius 1 is 1.33 bits per heavy atom. The Bertz CT molecular complexity index is 505. The van der Waals surface area contributed by atoms with E-state index in [1.165, 1.54) is 6.20 Å². The van der Waals surface area contributed by atoms with Crippen LogP contribution in [0.3, 0.4) is 0 Å². The number of hydrogen-bond acceptors (Lipinski definition) is 3. The van der Waals surface area contributed by atoms with Crippen molar-refractivity contribution in [3.8, 4) is 0 Å². The first kappa shape index (κ1) is 9.61. The van der Waals surface area contributed by atoms with Gasteiger partial charge in [0.1, 0.15) is 0 Å². The molecule has 0 saturated heterocycles. The molecule has 1 amide bonds. The topological polar surface area (TPSA) is 76.2 Å². The van der Waals surface area contributed by atoms with Gasteiger partial charge in [0.25, 0.3) is 5.91 Å². The van der Waals surface area contributed by atoms with Crippen LogP contribution >= 0.6 is 0 Å². The summed E-state index contributed by atoms with van der Waals surface area (Å²) in [5.41, 5.74) is 5.49. The summed E-state index contributed by atoms with van der Waals surface area (Å²) < 4.78 is 0. The van der Waals surface area contributed by atoms with E-state index in [2.05, 4.69) is 4.98 Å². The van der Waals surface area contributed by atoms with Crippen LogP contribution in [-0.2, 0) is 4.79 Å². The van der Waals surface area contributed by atoms with Crippen molar-refractivity contribution in [1.29, 1.82) is 0 Å². The lowest BCUT2D eigenvalue weighted by Crippen LogP contribution is -2.21. The molecule has 4 heteroatoms. The molecule has 0 aliphatic carbocycles. The summed E-state index contributed by atoms with van der Waals surface area (Å²) in [6.45, 7) is 0. The molecule has 1 aromatic heterocycles. The normalized spacial score (nSPS) is 12.6. The summed E-state index contributed by atoms with van der Waals surface area (Å²) in [6.07, 6.45) is 1.83. The molecule has 4 nitrogen and oxygen atoms in total. The van der Waals surface area contributed by atoms with Crippen LogP contribution in [0.5, 0.6) is 0 Å². The van der Waals surface area contributed by atoms with Crippen molar-refractivity contribution in [2.24, 2.45) is 5.73 Å². The second-order valence-corrected chi connectivity index (χ2v) is 3.25. The molecule has 0 aliphatic heterocycles. The Kier molecular flexibility index (Phi) is 2.35. The van der Waals surface area contributed by atoms with Crippen LogP contribution in [-0.4, -0.2) is 16.0 Å². The molecule has 0 spiro atoms. The Hall–Kier alpha value is -1.94. The van der Waals surface area contributed by atoms with Crippen LogP contribution in [0.25, 0.3) is 10.8 Å². The second-order valence-electron chi connectivity index (χ2n) is 3.25. The Balaban J connectivity index is 2.65. The van der Waals surface area contributed by atoms with E-state index in [-0.39, 0.29) is 0 Å². The van der Waals surface area contributed by atoms with Crippen LogP contribution in [0.1, 0.15) is 11.7 Å². The largest absolute Gasteiger partial charge is 0.378 e. The highest BCUT2D eigenvalue weighted by atomic mass is 16.3. The summed E-state index contributed by atoms with van der Waals surface area (Å²) in [6, 6.07) is 7.38. The first-order valence-electron chi connectivity index (χ1n) is 4.50. The number of nitrogens with two attached hydrogens (primary N) is 1. The van der Waals surface area contributed by atoms with Crippen LogP contribution in [0.4, 0.5) is 0 Å². The van der Waals surface area contributed by atoms with Crippen LogP contribution < -0.4 is 5.73 Å². The van der Waals surface area contributed by atoms with Crippen LogP contribution in [0.15, 0.2) is 36.7 Å². The molecule has 1 unspecified atom stereocenters. The summed E-state index contributed by atoms with van der Waals surface area (Å²) in [7, 11) is 0. The molecule has 0 saturated carbocycles. The van der Waals surface area contributed by atoms with Gasteiger partial charge in [0.15, 0.2) is 6.10 Å². The van der Waals surface area contributed by atoms with E-state index in [1.54, 1.807) is 6.20 Å². The molecular weight excluding hydrogens is 192 g/mol. The fraction of sp³-hybridized carbons (Fsp3) is 0.0909. The number of carbonyl (C=O) groups is 1. The molecule has 2 rings (SSSR count). The fourth-order valence-electron chi connectivity index (χ4n) is 1.51. The fourth-order valence-corrected chi connectivity index (χ4v) is 1.51. The van der Waals surface area contributed by atoms with Gasteiger partial charge in [-0.3, -0.25) is 9.78 Å². The zero-order valence-corrected chi connectivity index (χ0v) is 7.92. The van der Waals surface area contributed by atoms with Crippen molar-refractivity contribution in [1.82, 2.24) is 4.98 Å². The van der Waals surface area contributed by atoms with Gasteiger partial charge in [-0.05, 0) is 5.39 Å². The zero-order chi connectivity index (χ0) is 10.8. The van der Waals surface area contributed by atoms with E-state index < -0.39 is 12.0 Å². The van der Waals surface area contributed by atoms with E-state index in [9.17, 15) is 9.90 Å². The molecule has 2 aromatic rings. The van der Waals surface area contributed by atoms with E-state index in [0.717, 1.165) is 10.8 Å². The Morgan fingerprint density at radius 2 is 2.07 bits per heavy atom. The van der Waals surface area contributed by atoms with Crippen molar-refractivity contribution in [2.75, 3.05) is 0 Å². The molecule has 0 bridgehead atoms. The minimum absolute atomic E-state index is 0.445. The summed E-state index contributed by atoms with van der Waals surface area (Å²) >= 11 is 0. The smallest absolute Gasteiger partial charge is 0.250 e. The molecule has 3 N–H and O–H groups in total. The highest BCUT2D eigenvalue weighted by molar-refractivity contribution is 5.90. The Labute approximate surface area is 86.4 Å². The van der Waals surface area contributed by atoms with Gasteiger partial charge in [-0.1, -0.05) is 24.3 Å². The molecule has 76 valence electrons. The van der Waals surface area contributed by atoms with Crippen LogP contribution in [0, 0.1) is 0 Å². The average molecular weight is 202 g/mol. The first-order valence-corrected chi connectivity index (χ1v) is 4.50. The number of rotatable bonds is 2. The zero-order valence-electron chi connectivity index (χ0n) is 7.92. The number of pyridine rings is 1.